The SMILES string of the molecule is COc1ccc([C@@H]2C(S(=O)(=O)c3ccccc3)=C(O)C(=O)N2Cc2ccc3c(c2)OCO3)cc1. The molecule has 0 saturated carbocycles. The predicted octanol–water partition coefficient (Wildman–Crippen LogP) is 3.75. The number of rotatable bonds is 6. The minimum absolute atomic E-state index is 0.00667. The van der Waals surface area contributed by atoms with Gasteiger partial charge in [-0.05, 0) is 47.5 Å². The molecule has 2 aliphatic heterocycles. The summed E-state index contributed by atoms with van der Waals surface area (Å²) in [6, 6.07) is 18.7. The number of sulfone groups is 1. The lowest BCUT2D eigenvalue weighted by molar-refractivity contribution is -0.130. The van der Waals surface area contributed by atoms with E-state index < -0.39 is 27.5 Å². The molecule has 1 atom stereocenters. The van der Waals surface area contributed by atoms with Crippen LogP contribution < -0.4 is 14.2 Å². The summed E-state index contributed by atoms with van der Waals surface area (Å²) >= 11 is 0. The number of carbonyl (C=O) groups is 1. The van der Waals surface area contributed by atoms with E-state index in [1.807, 2.05) is 0 Å². The Morgan fingerprint density at radius 2 is 1.71 bits per heavy atom. The summed E-state index contributed by atoms with van der Waals surface area (Å²) in [5, 5.41) is 10.8. The first-order valence-electron chi connectivity index (χ1n) is 10.5. The Morgan fingerprint density at radius 1 is 1.00 bits per heavy atom. The molecule has 174 valence electrons. The second-order valence-electron chi connectivity index (χ2n) is 7.83. The molecule has 8 nitrogen and oxygen atoms in total. The van der Waals surface area contributed by atoms with E-state index in [0.29, 0.717) is 28.4 Å². The van der Waals surface area contributed by atoms with Crippen LogP contribution in [0.1, 0.15) is 17.2 Å². The van der Waals surface area contributed by atoms with Crippen molar-refractivity contribution in [2.24, 2.45) is 0 Å². The summed E-state index contributed by atoms with van der Waals surface area (Å²) in [4.78, 5) is 14.2. The quantitative estimate of drug-likeness (QED) is 0.574. The fourth-order valence-corrected chi connectivity index (χ4v) is 5.82. The van der Waals surface area contributed by atoms with Crippen LogP contribution in [0.25, 0.3) is 0 Å². The van der Waals surface area contributed by atoms with Crippen LogP contribution in [0.2, 0.25) is 0 Å². The normalized spacial score (nSPS) is 17.4. The Morgan fingerprint density at radius 3 is 2.41 bits per heavy atom. The number of benzene rings is 3. The number of aliphatic hydroxyl groups is 1. The zero-order valence-electron chi connectivity index (χ0n) is 18.2. The van der Waals surface area contributed by atoms with E-state index in [1.54, 1.807) is 60.7 Å². The van der Waals surface area contributed by atoms with Crippen molar-refractivity contribution in [1.29, 1.82) is 0 Å². The summed E-state index contributed by atoms with van der Waals surface area (Å²) in [5.41, 5.74) is 1.22. The number of aliphatic hydroxyl groups excluding tert-OH is 1. The molecule has 1 amide bonds. The van der Waals surface area contributed by atoms with Crippen molar-refractivity contribution in [2.45, 2.75) is 17.5 Å². The van der Waals surface area contributed by atoms with E-state index >= 15 is 0 Å². The second-order valence-corrected chi connectivity index (χ2v) is 9.74. The molecular formula is C25H21NO7S. The highest BCUT2D eigenvalue weighted by atomic mass is 32.2. The Labute approximate surface area is 196 Å². The van der Waals surface area contributed by atoms with Gasteiger partial charge < -0.3 is 24.2 Å². The monoisotopic (exact) mass is 479 g/mol. The molecule has 9 heteroatoms. The smallest absolute Gasteiger partial charge is 0.290 e. The van der Waals surface area contributed by atoms with E-state index in [2.05, 4.69) is 0 Å². The number of ether oxygens (including phenoxy) is 3. The molecular weight excluding hydrogens is 458 g/mol. The standard InChI is InChI=1S/C25H21NO7S/c1-31-18-10-8-17(9-11-18)22-24(34(29,30)19-5-3-2-4-6-19)23(27)25(28)26(22)14-16-7-12-20-21(13-16)33-15-32-20/h2-13,22,27H,14-15H2,1H3/t22-/m1/s1. The molecule has 3 aromatic carbocycles. The summed E-state index contributed by atoms with van der Waals surface area (Å²) in [6.07, 6.45) is 0. The highest BCUT2D eigenvalue weighted by Gasteiger charge is 2.46. The van der Waals surface area contributed by atoms with Gasteiger partial charge in [0.2, 0.25) is 16.6 Å². The predicted molar refractivity (Wildman–Crippen MR) is 122 cm³/mol. The first-order valence-corrected chi connectivity index (χ1v) is 11.9. The molecule has 34 heavy (non-hydrogen) atoms. The lowest BCUT2D eigenvalue weighted by Crippen LogP contribution is -2.30. The van der Waals surface area contributed by atoms with E-state index in [1.165, 1.54) is 24.1 Å². The fourth-order valence-electron chi connectivity index (χ4n) is 4.15. The van der Waals surface area contributed by atoms with Crippen molar-refractivity contribution in [2.75, 3.05) is 13.9 Å². The molecule has 0 fully saturated rings. The van der Waals surface area contributed by atoms with Gasteiger partial charge in [-0.3, -0.25) is 4.79 Å². The number of hydrogen-bond acceptors (Lipinski definition) is 7. The lowest BCUT2D eigenvalue weighted by Gasteiger charge is -2.27. The van der Waals surface area contributed by atoms with Gasteiger partial charge in [0, 0.05) is 6.54 Å². The number of methoxy groups -OCH3 is 1. The van der Waals surface area contributed by atoms with E-state index in [-0.39, 0.29) is 23.1 Å². The van der Waals surface area contributed by atoms with Gasteiger partial charge in [-0.1, -0.05) is 36.4 Å². The van der Waals surface area contributed by atoms with Crippen LogP contribution >= 0.6 is 0 Å². The molecule has 2 aliphatic rings. The number of amides is 1. The number of hydrogen-bond donors (Lipinski definition) is 1. The molecule has 0 aliphatic carbocycles. The highest BCUT2D eigenvalue weighted by molar-refractivity contribution is 7.95. The van der Waals surface area contributed by atoms with Crippen molar-refractivity contribution in [1.82, 2.24) is 4.90 Å². The molecule has 0 spiro atoms. The van der Waals surface area contributed by atoms with Crippen LogP contribution in [0.4, 0.5) is 0 Å². The third kappa shape index (κ3) is 3.63. The summed E-state index contributed by atoms with van der Waals surface area (Å²) < 4.78 is 43.2. The zero-order chi connectivity index (χ0) is 23.9. The molecule has 0 unspecified atom stereocenters. The molecule has 2 heterocycles. The number of carbonyl (C=O) groups excluding carboxylic acids is 1. The van der Waals surface area contributed by atoms with Gasteiger partial charge in [-0.2, -0.15) is 0 Å². The van der Waals surface area contributed by atoms with Crippen molar-refractivity contribution in [3.8, 4) is 17.2 Å². The topological polar surface area (TPSA) is 102 Å². The lowest BCUT2D eigenvalue weighted by atomic mass is 10.1. The van der Waals surface area contributed by atoms with Crippen LogP contribution in [-0.2, 0) is 21.2 Å². The fraction of sp³-hybridized carbons (Fsp3) is 0.160. The molecule has 1 N–H and O–H groups in total. The van der Waals surface area contributed by atoms with Crippen LogP contribution in [0, 0.1) is 0 Å². The van der Waals surface area contributed by atoms with E-state index in [0.717, 1.165) is 0 Å². The van der Waals surface area contributed by atoms with Gasteiger partial charge in [0.25, 0.3) is 5.91 Å². The van der Waals surface area contributed by atoms with Gasteiger partial charge in [0.15, 0.2) is 17.3 Å². The summed E-state index contributed by atoms with van der Waals surface area (Å²) in [6.45, 7) is 0.155. The third-order valence-corrected chi connectivity index (χ3v) is 7.71. The van der Waals surface area contributed by atoms with Gasteiger partial charge in [0.05, 0.1) is 18.0 Å². The molecule has 3 aromatic rings. The van der Waals surface area contributed by atoms with Crippen LogP contribution in [-0.4, -0.2) is 38.2 Å². The first-order chi connectivity index (χ1) is 16.4. The Balaban J connectivity index is 1.60. The van der Waals surface area contributed by atoms with Crippen LogP contribution in [0.5, 0.6) is 17.2 Å². The van der Waals surface area contributed by atoms with Crippen molar-refractivity contribution < 1.29 is 32.5 Å². The van der Waals surface area contributed by atoms with Crippen LogP contribution in [0.15, 0.2) is 88.4 Å². The number of fused-ring (bicyclic) bond motifs is 1. The summed E-state index contributed by atoms with van der Waals surface area (Å²) in [7, 11) is -2.65. The average Bonchev–Trinajstić information content (AvgIpc) is 3.43. The first kappa shape index (κ1) is 21.8. The minimum Gasteiger partial charge on any atom is -0.502 e. The molecule has 0 saturated heterocycles. The van der Waals surface area contributed by atoms with Gasteiger partial charge in [-0.25, -0.2) is 8.42 Å². The third-order valence-electron chi connectivity index (χ3n) is 5.82. The van der Waals surface area contributed by atoms with Crippen molar-refractivity contribution in [3.63, 3.8) is 0 Å². The number of nitrogens with zero attached hydrogens (tertiary/aromatic N) is 1. The molecule has 0 bridgehead atoms. The van der Waals surface area contributed by atoms with Crippen LogP contribution in [0.3, 0.4) is 0 Å². The maximum Gasteiger partial charge on any atom is 0.290 e. The van der Waals surface area contributed by atoms with Crippen molar-refractivity contribution in [3.05, 3.63) is 94.6 Å². The Kier molecular flexibility index (Phi) is 5.41. The second kappa shape index (κ2) is 8.42. The Hall–Kier alpha value is -3.98. The Bertz CT molecular complexity index is 1380. The van der Waals surface area contributed by atoms with Gasteiger partial charge in [0.1, 0.15) is 10.7 Å². The van der Waals surface area contributed by atoms with Crippen molar-refractivity contribution >= 4 is 15.7 Å². The maximum atomic E-state index is 13.6. The molecule has 5 rings (SSSR count). The average molecular weight is 480 g/mol. The van der Waals surface area contributed by atoms with Gasteiger partial charge in [-0.15, -0.1) is 0 Å². The minimum atomic E-state index is -4.18. The zero-order valence-corrected chi connectivity index (χ0v) is 19.0. The van der Waals surface area contributed by atoms with E-state index in [9.17, 15) is 18.3 Å². The van der Waals surface area contributed by atoms with E-state index in [4.69, 9.17) is 14.2 Å². The summed E-state index contributed by atoms with van der Waals surface area (Å²) in [5.74, 6) is 0.158. The molecule has 0 aromatic heterocycles. The van der Waals surface area contributed by atoms with Gasteiger partial charge >= 0.3 is 0 Å². The maximum absolute atomic E-state index is 13.6. The largest absolute Gasteiger partial charge is 0.502 e. The highest BCUT2D eigenvalue weighted by Crippen LogP contribution is 2.44. The molecule has 0 radical (unpaired) electrons.